The minimum absolute atomic E-state index is 0.212. The molecule has 31 heavy (non-hydrogen) atoms. The molecule has 0 atom stereocenters. The number of halogens is 2. The van der Waals surface area contributed by atoms with Crippen LogP contribution < -0.4 is 5.32 Å². The van der Waals surface area contributed by atoms with Crippen molar-refractivity contribution in [3.8, 4) is 0 Å². The quantitative estimate of drug-likeness (QED) is 0.439. The third kappa shape index (κ3) is 4.60. The van der Waals surface area contributed by atoms with Gasteiger partial charge in [-0.3, -0.25) is 14.2 Å². The van der Waals surface area contributed by atoms with E-state index in [0.29, 0.717) is 40.8 Å². The SMILES string of the molecule is Cc1nn(CCn2cc3c(Cl)cc(C(=O)NCc4cccc(Cl)c4)cc3n2)c(C)c1C. The zero-order chi connectivity index (χ0) is 22.1. The van der Waals surface area contributed by atoms with Crippen molar-refractivity contribution in [3.63, 3.8) is 0 Å². The van der Waals surface area contributed by atoms with Crippen molar-refractivity contribution in [3.05, 3.63) is 80.7 Å². The molecule has 2 heterocycles. The summed E-state index contributed by atoms with van der Waals surface area (Å²) < 4.78 is 3.84. The highest BCUT2D eigenvalue weighted by atomic mass is 35.5. The van der Waals surface area contributed by atoms with Crippen molar-refractivity contribution in [2.75, 3.05) is 0 Å². The fraction of sp³-hybridized carbons (Fsp3) is 0.261. The summed E-state index contributed by atoms with van der Waals surface area (Å²) in [5.74, 6) is -0.212. The van der Waals surface area contributed by atoms with Gasteiger partial charge in [0, 0.05) is 34.4 Å². The van der Waals surface area contributed by atoms with E-state index >= 15 is 0 Å². The number of nitrogens with one attached hydrogen (secondary N) is 1. The maximum Gasteiger partial charge on any atom is 0.251 e. The summed E-state index contributed by atoms with van der Waals surface area (Å²) in [4.78, 5) is 12.6. The molecular weight excluding hydrogens is 433 g/mol. The Balaban J connectivity index is 1.49. The van der Waals surface area contributed by atoms with E-state index in [2.05, 4.69) is 29.4 Å². The molecule has 2 aromatic heterocycles. The van der Waals surface area contributed by atoms with Crippen molar-refractivity contribution < 1.29 is 4.79 Å². The Hall–Kier alpha value is -2.83. The van der Waals surface area contributed by atoms with E-state index < -0.39 is 0 Å². The number of hydrogen-bond donors (Lipinski definition) is 1. The van der Waals surface area contributed by atoms with Gasteiger partial charge in [0.1, 0.15) is 0 Å². The first kappa shape index (κ1) is 21.4. The van der Waals surface area contributed by atoms with E-state index in [1.54, 1.807) is 18.2 Å². The Bertz CT molecular complexity index is 1270. The first-order valence-electron chi connectivity index (χ1n) is 10.0. The van der Waals surface area contributed by atoms with Crippen LogP contribution in [0.1, 0.15) is 32.9 Å². The van der Waals surface area contributed by atoms with Crippen LogP contribution in [-0.2, 0) is 19.6 Å². The standard InChI is InChI=1S/C23H23Cl2N5O/c1-14-15(2)27-30(16(14)3)8-7-29-13-20-21(25)10-18(11-22(20)28-29)23(31)26-12-17-5-4-6-19(24)9-17/h4-6,9-11,13H,7-8,12H2,1-3H3,(H,26,31). The number of fused-ring (bicyclic) bond motifs is 1. The van der Waals surface area contributed by atoms with E-state index in [0.717, 1.165) is 22.3 Å². The highest BCUT2D eigenvalue weighted by Crippen LogP contribution is 2.25. The molecular formula is C23H23Cl2N5O. The number of carbonyl (C=O) groups excluding carboxylic acids is 1. The van der Waals surface area contributed by atoms with Crippen LogP contribution in [-0.4, -0.2) is 25.5 Å². The zero-order valence-electron chi connectivity index (χ0n) is 17.6. The van der Waals surface area contributed by atoms with Crippen LogP contribution in [0.15, 0.2) is 42.6 Å². The monoisotopic (exact) mass is 455 g/mol. The maximum absolute atomic E-state index is 12.6. The predicted octanol–water partition coefficient (Wildman–Crippen LogP) is 5.10. The summed E-state index contributed by atoms with van der Waals surface area (Å²) >= 11 is 12.5. The number of hydrogen-bond acceptors (Lipinski definition) is 3. The van der Waals surface area contributed by atoms with Gasteiger partial charge in [-0.05, 0) is 56.2 Å². The third-order valence-corrected chi connectivity index (χ3v) is 6.06. The molecule has 0 fully saturated rings. The molecule has 0 aliphatic carbocycles. The lowest BCUT2D eigenvalue weighted by molar-refractivity contribution is 0.0951. The number of amides is 1. The number of rotatable bonds is 6. The van der Waals surface area contributed by atoms with Crippen LogP contribution in [0.3, 0.4) is 0 Å². The van der Waals surface area contributed by atoms with E-state index in [4.69, 9.17) is 23.2 Å². The highest BCUT2D eigenvalue weighted by Gasteiger charge is 2.13. The van der Waals surface area contributed by atoms with Crippen molar-refractivity contribution in [1.29, 1.82) is 0 Å². The fourth-order valence-electron chi connectivity index (χ4n) is 3.51. The fourth-order valence-corrected chi connectivity index (χ4v) is 3.98. The zero-order valence-corrected chi connectivity index (χ0v) is 19.1. The second-order valence-corrected chi connectivity index (χ2v) is 8.46. The Labute approximate surface area is 190 Å². The van der Waals surface area contributed by atoms with E-state index in [9.17, 15) is 4.79 Å². The largest absolute Gasteiger partial charge is 0.348 e. The average Bonchev–Trinajstić information content (AvgIpc) is 3.27. The maximum atomic E-state index is 12.6. The van der Waals surface area contributed by atoms with Crippen LogP contribution in [0.5, 0.6) is 0 Å². The number of carbonyl (C=O) groups is 1. The summed E-state index contributed by atoms with van der Waals surface area (Å²) in [6, 6.07) is 10.8. The molecule has 0 bridgehead atoms. The number of benzene rings is 2. The van der Waals surface area contributed by atoms with Crippen molar-refractivity contribution >= 4 is 40.0 Å². The Kier molecular flexibility index (Phi) is 6.03. The lowest BCUT2D eigenvalue weighted by Crippen LogP contribution is -2.22. The van der Waals surface area contributed by atoms with E-state index in [1.807, 2.05) is 40.7 Å². The Morgan fingerprint density at radius 3 is 2.58 bits per heavy atom. The van der Waals surface area contributed by atoms with Crippen LogP contribution in [0, 0.1) is 20.8 Å². The molecule has 160 valence electrons. The number of aromatic nitrogens is 4. The first-order valence-corrected chi connectivity index (χ1v) is 10.8. The van der Waals surface area contributed by atoms with Gasteiger partial charge in [-0.2, -0.15) is 10.2 Å². The van der Waals surface area contributed by atoms with Crippen LogP contribution in [0.25, 0.3) is 10.9 Å². The van der Waals surface area contributed by atoms with Crippen LogP contribution >= 0.6 is 23.2 Å². The molecule has 0 unspecified atom stereocenters. The molecule has 0 radical (unpaired) electrons. The van der Waals surface area contributed by atoms with Gasteiger partial charge in [0.25, 0.3) is 5.91 Å². The second kappa shape index (κ2) is 8.73. The van der Waals surface area contributed by atoms with Crippen molar-refractivity contribution in [1.82, 2.24) is 24.9 Å². The molecule has 0 aliphatic rings. The topological polar surface area (TPSA) is 64.7 Å². The summed E-state index contributed by atoms with van der Waals surface area (Å²) in [6.07, 6.45) is 1.91. The smallest absolute Gasteiger partial charge is 0.251 e. The summed E-state index contributed by atoms with van der Waals surface area (Å²) in [5.41, 5.74) is 5.49. The lowest BCUT2D eigenvalue weighted by atomic mass is 10.1. The molecule has 2 aromatic carbocycles. The van der Waals surface area contributed by atoms with E-state index in [1.165, 1.54) is 5.56 Å². The molecule has 0 aliphatic heterocycles. The minimum Gasteiger partial charge on any atom is -0.348 e. The number of nitrogens with zero attached hydrogens (tertiary/aromatic N) is 4. The average molecular weight is 456 g/mol. The Morgan fingerprint density at radius 1 is 1.06 bits per heavy atom. The third-order valence-electron chi connectivity index (χ3n) is 5.51. The lowest BCUT2D eigenvalue weighted by Gasteiger charge is -2.06. The van der Waals surface area contributed by atoms with E-state index in [-0.39, 0.29) is 5.91 Å². The van der Waals surface area contributed by atoms with Crippen LogP contribution in [0.4, 0.5) is 0 Å². The second-order valence-electron chi connectivity index (χ2n) is 7.61. The predicted molar refractivity (Wildman–Crippen MR) is 124 cm³/mol. The van der Waals surface area contributed by atoms with Gasteiger partial charge in [-0.15, -0.1) is 0 Å². The van der Waals surface area contributed by atoms with Gasteiger partial charge in [0.05, 0.1) is 29.3 Å². The van der Waals surface area contributed by atoms with Crippen molar-refractivity contribution in [2.24, 2.45) is 0 Å². The van der Waals surface area contributed by atoms with Crippen LogP contribution in [0.2, 0.25) is 10.0 Å². The van der Waals surface area contributed by atoms with Gasteiger partial charge in [0.15, 0.2) is 0 Å². The summed E-state index contributed by atoms with van der Waals surface area (Å²) in [7, 11) is 0. The highest BCUT2D eigenvalue weighted by molar-refractivity contribution is 6.35. The van der Waals surface area contributed by atoms with Gasteiger partial charge in [0.2, 0.25) is 0 Å². The summed E-state index contributed by atoms with van der Waals surface area (Å²) in [5, 5.41) is 14.0. The molecule has 8 heteroatoms. The molecule has 4 rings (SSSR count). The molecule has 0 saturated carbocycles. The number of aryl methyl sites for hydroxylation is 3. The normalized spacial score (nSPS) is 11.3. The first-order chi connectivity index (χ1) is 14.8. The van der Waals surface area contributed by atoms with Gasteiger partial charge < -0.3 is 5.32 Å². The minimum atomic E-state index is -0.212. The molecule has 1 N–H and O–H groups in total. The molecule has 0 saturated heterocycles. The molecule has 6 nitrogen and oxygen atoms in total. The summed E-state index contributed by atoms with van der Waals surface area (Å²) in [6.45, 7) is 7.91. The molecule has 4 aromatic rings. The van der Waals surface area contributed by atoms with Gasteiger partial charge >= 0.3 is 0 Å². The van der Waals surface area contributed by atoms with Gasteiger partial charge in [-0.25, -0.2) is 0 Å². The Morgan fingerprint density at radius 2 is 1.87 bits per heavy atom. The molecule has 1 amide bonds. The van der Waals surface area contributed by atoms with Crippen molar-refractivity contribution in [2.45, 2.75) is 40.4 Å². The van der Waals surface area contributed by atoms with Gasteiger partial charge in [-0.1, -0.05) is 35.3 Å². The molecule has 0 spiro atoms.